The number of carbonyl (C=O) groups is 16. The van der Waals surface area contributed by atoms with E-state index in [1.165, 1.54) is 0 Å². The number of aliphatic carboxylic acids is 10. The minimum atomic E-state index is -1.56. The Morgan fingerprint density at radius 1 is 0.238 bits per heavy atom. The summed E-state index contributed by atoms with van der Waals surface area (Å²) in [6.07, 6.45) is 2.75. The molecular weight excluding hydrogens is 1390 g/mol. The summed E-state index contributed by atoms with van der Waals surface area (Å²) in [6, 6.07) is -6.48. The molecule has 0 aromatic heterocycles. The number of hydrogen-bond acceptors (Lipinski definition) is 24. The molecule has 0 saturated carbocycles. The van der Waals surface area contributed by atoms with Gasteiger partial charge in [-0.25, -0.2) is 19.2 Å². The van der Waals surface area contributed by atoms with E-state index in [1.54, 1.807) is 39.2 Å². The molecule has 2 unspecified atom stereocenters. The van der Waals surface area contributed by atoms with Crippen LogP contribution < -0.4 is 37.2 Å². The van der Waals surface area contributed by atoms with E-state index < -0.39 is 139 Å². The van der Waals surface area contributed by atoms with E-state index in [0.717, 1.165) is 0 Å². The molecule has 2 rings (SSSR count). The predicted octanol–water partition coefficient (Wildman–Crippen LogP) is -4.74. The predicted molar refractivity (Wildman–Crippen MR) is 369 cm³/mol. The largest absolute Gasteiger partial charge is 0.481 e. The Hall–Kier alpha value is -9.00. The van der Waals surface area contributed by atoms with Gasteiger partial charge in [0.2, 0.25) is 29.5 Å². The quantitative estimate of drug-likeness (QED) is 0.0254. The first kappa shape index (κ1) is 92.1. The highest BCUT2D eigenvalue weighted by molar-refractivity contribution is 5.89. The average Bonchev–Trinajstić information content (AvgIpc) is 0.913. The van der Waals surface area contributed by atoms with Crippen LogP contribution in [0.5, 0.6) is 0 Å². The number of nitrogens with zero attached hydrogens (tertiary/aromatic N) is 8. The molecule has 0 bridgehead atoms. The highest BCUT2D eigenvalue weighted by Crippen LogP contribution is 2.11. The zero-order chi connectivity index (χ0) is 78.2. The number of carboxylic acid groups (broad SMARTS) is 10. The molecule has 2 fully saturated rings. The standard InChI is InChI=1S/C64H109N15O26/c80-49(65-18-9-6-13-47(62(101)102)70-64(105)71-48(63(103)104)16-17-53(84)85)14-3-1-2-4-15-50(81)69-46(61(99)100)12-7-10-20-67-60(98)45(68-52(83)38-73-23-27-76(41-56(90)91)31-35-79(44-59(96)97)36-32-77(28-24-73)42-57(92)93)11-5-8-19-66-51(82)37-72-21-25-74(39-54(86)87)29-33-78(43-58(94)95)34-30-75(26-22-72)40-55(88)89/h45-48H,1-44H2,(H,65,80)(H,66,82)(H,67,98)(H,68,83)(H,69,81)(H,84,85)(H,86,87)(H,88,89)(H,90,91)(H,92,93)(H,94,95)(H,96,97)(H,99,100)(H,101,102)(H,103,104)(H2,70,71,105)/t45?,46?,47-,48-/m0/s1. The van der Waals surface area contributed by atoms with Gasteiger partial charge in [-0.3, -0.25) is 96.7 Å². The minimum Gasteiger partial charge on any atom is -0.481 e. The Kier molecular flexibility index (Phi) is 46.4. The summed E-state index contributed by atoms with van der Waals surface area (Å²) in [7, 11) is 0. The third-order valence-electron chi connectivity index (χ3n) is 17.1. The van der Waals surface area contributed by atoms with E-state index >= 15 is 0 Å². The van der Waals surface area contributed by atoms with Crippen LogP contribution in [0.25, 0.3) is 0 Å². The molecule has 0 aliphatic carbocycles. The number of amides is 7. The van der Waals surface area contributed by atoms with Crippen LogP contribution in [0.2, 0.25) is 0 Å². The van der Waals surface area contributed by atoms with Crippen molar-refractivity contribution in [2.75, 3.05) is 177 Å². The van der Waals surface area contributed by atoms with Crippen LogP contribution >= 0.6 is 0 Å². The number of rotatable bonds is 49. The van der Waals surface area contributed by atoms with Gasteiger partial charge >= 0.3 is 65.7 Å². The third kappa shape index (κ3) is 46.5. The molecule has 2 heterocycles. The highest BCUT2D eigenvalue weighted by atomic mass is 16.4. The van der Waals surface area contributed by atoms with Crippen LogP contribution in [-0.4, -0.2) is 386 Å². The average molecular weight is 1500 g/mol. The summed E-state index contributed by atoms with van der Waals surface area (Å²) in [5.74, 6) is -14.6. The van der Waals surface area contributed by atoms with Crippen molar-refractivity contribution in [1.82, 2.24) is 76.4 Å². The molecule has 4 atom stereocenters. The molecule has 2 saturated heterocycles. The van der Waals surface area contributed by atoms with Crippen molar-refractivity contribution >= 4 is 95.3 Å². The van der Waals surface area contributed by atoms with Gasteiger partial charge in [0.05, 0.1) is 52.4 Å². The number of hydrogen-bond donors (Lipinski definition) is 17. The van der Waals surface area contributed by atoms with E-state index in [2.05, 4.69) is 31.9 Å². The number of nitrogens with one attached hydrogen (secondary N) is 7. The number of urea groups is 1. The topological polar surface area (TPSA) is 586 Å². The van der Waals surface area contributed by atoms with Crippen LogP contribution in [0.1, 0.15) is 109 Å². The molecule has 105 heavy (non-hydrogen) atoms. The van der Waals surface area contributed by atoms with Crippen LogP contribution in [0.15, 0.2) is 0 Å². The molecular formula is C64H109N15O26. The molecule has 2 aliphatic heterocycles. The Balaban J connectivity index is 2.07. The van der Waals surface area contributed by atoms with Crippen molar-refractivity contribution in [2.24, 2.45) is 0 Å². The summed E-state index contributed by atoms with van der Waals surface area (Å²) >= 11 is 0. The van der Waals surface area contributed by atoms with Crippen molar-refractivity contribution in [1.29, 1.82) is 0 Å². The Morgan fingerprint density at radius 2 is 0.505 bits per heavy atom. The van der Waals surface area contributed by atoms with Gasteiger partial charge in [-0.15, -0.1) is 0 Å². The zero-order valence-corrected chi connectivity index (χ0v) is 59.5. The maximum atomic E-state index is 14.0. The van der Waals surface area contributed by atoms with Gasteiger partial charge in [-0.05, 0) is 77.0 Å². The second kappa shape index (κ2) is 52.9. The first-order valence-corrected chi connectivity index (χ1v) is 35.2. The second-order valence-electron chi connectivity index (χ2n) is 25.9. The first-order valence-electron chi connectivity index (χ1n) is 35.2. The summed E-state index contributed by atoms with van der Waals surface area (Å²) in [6.45, 7) is 0.0762. The normalized spacial score (nSPS) is 16.8. The molecule has 0 aromatic carbocycles. The Labute approximate surface area is 607 Å². The monoisotopic (exact) mass is 1500 g/mol. The van der Waals surface area contributed by atoms with Gasteiger partial charge in [-0.1, -0.05) is 12.8 Å². The maximum Gasteiger partial charge on any atom is 0.326 e. The summed E-state index contributed by atoms with van der Waals surface area (Å²) < 4.78 is 0. The van der Waals surface area contributed by atoms with Gasteiger partial charge < -0.3 is 88.3 Å². The molecule has 7 amide bonds. The summed E-state index contributed by atoms with van der Waals surface area (Å²) in [4.78, 5) is 209. The van der Waals surface area contributed by atoms with E-state index in [-0.39, 0.29) is 227 Å². The SMILES string of the molecule is O=C(O)CC[C@H](NC(=O)N[C@@H](CCCCNC(=O)CCCCCCC(=O)NC(CCCCNC(=O)C(CCCCNC(=O)CN1CCN(CC(=O)O)CCN(CC(=O)O)CCN(CC(=O)O)CC1)NC(=O)CN1CCN(CC(=O)O)CCN(CC(=O)O)CCN(CC(=O)O)CC1)C(=O)O)C(=O)O)C(=O)O. The molecule has 41 heteroatoms. The molecule has 17 N–H and O–H groups in total. The number of carboxylic acids is 10. The highest BCUT2D eigenvalue weighted by Gasteiger charge is 2.29. The van der Waals surface area contributed by atoms with Crippen LogP contribution in [0.4, 0.5) is 4.79 Å². The molecule has 0 radical (unpaired) electrons. The van der Waals surface area contributed by atoms with Crippen molar-refractivity contribution in [2.45, 2.75) is 133 Å². The fourth-order valence-electron chi connectivity index (χ4n) is 11.4. The summed E-state index contributed by atoms with van der Waals surface area (Å²) in [5.41, 5.74) is 0. The Bertz CT molecular complexity index is 2760. The van der Waals surface area contributed by atoms with Gasteiger partial charge in [0.15, 0.2) is 0 Å². The van der Waals surface area contributed by atoms with Crippen LogP contribution in [0.3, 0.4) is 0 Å². The van der Waals surface area contributed by atoms with E-state index in [9.17, 15) is 123 Å². The Morgan fingerprint density at radius 3 is 0.829 bits per heavy atom. The van der Waals surface area contributed by atoms with E-state index in [4.69, 9.17) is 5.11 Å². The first-order chi connectivity index (χ1) is 49.8. The smallest absolute Gasteiger partial charge is 0.326 e. The summed E-state index contributed by atoms with van der Waals surface area (Å²) in [5, 5.41) is 113. The number of carbonyl (C=O) groups excluding carboxylic acids is 6. The zero-order valence-electron chi connectivity index (χ0n) is 59.5. The fraction of sp³-hybridized carbons (Fsp3) is 0.750. The number of unbranched alkanes of at least 4 members (excludes halogenated alkanes) is 6. The lowest BCUT2D eigenvalue weighted by Crippen LogP contribution is -2.52. The lowest BCUT2D eigenvalue weighted by Gasteiger charge is -2.33. The van der Waals surface area contributed by atoms with E-state index in [1.807, 2.05) is 5.32 Å². The van der Waals surface area contributed by atoms with Crippen LogP contribution in [-0.2, 0) is 71.9 Å². The lowest BCUT2D eigenvalue weighted by molar-refractivity contribution is -0.142. The van der Waals surface area contributed by atoms with Gasteiger partial charge in [0.1, 0.15) is 24.2 Å². The molecule has 41 nitrogen and oxygen atoms in total. The van der Waals surface area contributed by atoms with Crippen molar-refractivity contribution < 1.29 is 128 Å². The molecule has 0 spiro atoms. The molecule has 596 valence electrons. The minimum absolute atomic E-state index is 0.00481. The van der Waals surface area contributed by atoms with Crippen molar-refractivity contribution in [3.05, 3.63) is 0 Å². The van der Waals surface area contributed by atoms with Crippen LogP contribution in [0, 0.1) is 0 Å². The third-order valence-corrected chi connectivity index (χ3v) is 17.1. The molecule has 0 aromatic rings. The van der Waals surface area contributed by atoms with Crippen molar-refractivity contribution in [3.8, 4) is 0 Å². The second-order valence-corrected chi connectivity index (χ2v) is 25.9. The van der Waals surface area contributed by atoms with Gasteiger partial charge in [0.25, 0.3) is 0 Å². The van der Waals surface area contributed by atoms with Gasteiger partial charge in [-0.2, -0.15) is 0 Å². The van der Waals surface area contributed by atoms with E-state index in [0.29, 0.717) is 38.5 Å². The van der Waals surface area contributed by atoms with Crippen molar-refractivity contribution in [3.63, 3.8) is 0 Å². The molecule has 2 aliphatic rings. The lowest BCUT2D eigenvalue weighted by atomic mass is 10.1. The van der Waals surface area contributed by atoms with Gasteiger partial charge in [0, 0.05) is 144 Å². The maximum absolute atomic E-state index is 14.0. The fourth-order valence-corrected chi connectivity index (χ4v) is 11.4.